The van der Waals surface area contributed by atoms with E-state index in [2.05, 4.69) is 4.98 Å². The summed E-state index contributed by atoms with van der Waals surface area (Å²) in [5, 5.41) is 8.96. The molecule has 1 N–H and O–H groups in total. The third-order valence-corrected chi connectivity index (χ3v) is 4.12. The minimum Gasteiger partial charge on any atom is -0.477 e. The second-order valence-electron chi connectivity index (χ2n) is 6.01. The van der Waals surface area contributed by atoms with E-state index in [0.29, 0.717) is 19.0 Å². The number of hydrogen-bond acceptors (Lipinski definition) is 4. The lowest BCUT2D eigenvalue weighted by Crippen LogP contribution is -2.43. The van der Waals surface area contributed by atoms with Crippen LogP contribution in [0.3, 0.4) is 0 Å². The van der Waals surface area contributed by atoms with Gasteiger partial charge in [0.05, 0.1) is 6.10 Å². The smallest absolute Gasteiger partial charge is 0.354 e. The third-order valence-electron chi connectivity index (χ3n) is 4.12. The quantitative estimate of drug-likeness (QED) is 0.897. The molecule has 1 saturated carbocycles. The number of pyridine rings is 1. The molecule has 0 bridgehead atoms. The molecule has 1 saturated heterocycles. The molecule has 118 valence electrons. The maximum atomic E-state index is 12.5. The van der Waals surface area contributed by atoms with Crippen molar-refractivity contribution in [2.45, 2.75) is 31.8 Å². The lowest BCUT2D eigenvalue weighted by Gasteiger charge is -2.32. The summed E-state index contributed by atoms with van der Waals surface area (Å²) in [5.74, 6) is -0.637. The Morgan fingerprint density at radius 2 is 2.05 bits per heavy atom. The van der Waals surface area contributed by atoms with Gasteiger partial charge in [-0.05, 0) is 43.7 Å². The standard InChI is InChI=1S/C16H20N2O4/c19-15(13-4-1-5-14(17-13)16(20)21)18-8-2-3-12(9-18)22-10-11-6-7-11/h1,4-5,11-12H,2-3,6-10H2,(H,20,21). The van der Waals surface area contributed by atoms with Crippen molar-refractivity contribution in [3.05, 3.63) is 29.6 Å². The van der Waals surface area contributed by atoms with Crippen molar-refractivity contribution in [3.8, 4) is 0 Å². The number of piperidine rings is 1. The van der Waals surface area contributed by atoms with E-state index in [0.717, 1.165) is 19.4 Å². The van der Waals surface area contributed by atoms with Crippen LogP contribution in [0.25, 0.3) is 0 Å². The number of hydrogen-bond donors (Lipinski definition) is 1. The minimum atomic E-state index is -1.13. The van der Waals surface area contributed by atoms with E-state index in [9.17, 15) is 9.59 Å². The highest BCUT2D eigenvalue weighted by Gasteiger charge is 2.28. The van der Waals surface area contributed by atoms with Gasteiger partial charge in [-0.1, -0.05) is 6.07 Å². The molecule has 22 heavy (non-hydrogen) atoms. The summed E-state index contributed by atoms with van der Waals surface area (Å²) in [4.78, 5) is 29.1. The van der Waals surface area contributed by atoms with Crippen molar-refractivity contribution in [2.75, 3.05) is 19.7 Å². The van der Waals surface area contributed by atoms with Crippen LogP contribution in [-0.2, 0) is 4.74 Å². The van der Waals surface area contributed by atoms with Crippen LogP contribution in [0.1, 0.15) is 46.7 Å². The van der Waals surface area contributed by atoms with E-state index in [1.165, 1.54) is 18.9 Å². The van der Waals surface area contributed by atoms with Crippen molar-refractivity contribution in [2.24, 2.45) is 5.92 Å². The molecule has 0 spiro atoms. The highest BCUT2D eigenvalue weighted by molar-refractivity contribution is 5.94. The van der Waals surface area contributed by atoms with Crippen molar-refractivity contribution >= 4 is 11.9 Å². The van der Waals surface area contributed by atoms with Crippen LogP contribution in [0.15, 0.2) is 18.2 Å². The first-order valence-corrected chi connectivity index (χ1v) is 7.74. The summed E-state index contributed by atoms with van der Waals surface area (Å²) >= 11 is 0. The van der Waals surface area contributed by atoms with E-state index >= 15 is 0 Å². The molecule has 1 atom stereocenters. The fraction of sp³-hybridized carbons (Fsp3) is 0.562. The Hall–Kier alpha value is -1.95. The average molecular weight is 304 g/mol. The number of carboxylic acids is 1. The molecular weight excluding hydrogens is 284 g/mol. The number of rotatable bonds is 5. The number of aromatic carboxylic acids is 1. The highest BCUT2D eigenvalue weighted by Crippen LogP contribution is 2.30. The van der Waals surface area contributed by atoms with Crippen LogP contribution in [0, 0.1) is 5.92 Å². The van der Waals surface area contributed by atoms with Crippen molar-refractivity contribution in [3.63, 3.8) is 0 Å². The summed E-state index contributed by atoms with van der Waals surface area (Å²) < 4.78 is 5.88. The van der Waals surface area contributed by atoms with Crippen LogP contribution in [0.4, 0.5) is 0 Å². The zero-order chi connectivity index (χ0) is 15.5. The molecule has 0 aromatic carbocycles. The van der Waals surface area contributed by atoms with Gasteiger partial charge in [0, 0.05) is 19.7 Å². The number of carbonyl (C=O) groups is 2. The van der Waals surface area contributed by atoms with Gasteiger partial charge in [-0.3, -0.25) is 4.79 Å². The van der Waals surface area contributed by atoms with E-state index in [1.807, 2.05) is 0 Å². The Morgan fingerprint density at radius 3 is 2.77 bits per heavy atom. The molecule has 2 heterocycles. The molecule has 6 heteroatoms. The average Bonchev–Trinajstić information content (AvgIpc) is 3.37. The lowest BCUT2D eigenvalue weighted by atomic mass is 10.1. The van der Waals surface area contributed by atoms with Gasteiger partial charge in [0.25, 0.3) is 5.91 Å². The van der Waals surface area contributed by atoms with Gasteiger partial charge >= 0.3 is 5.97 Å². The predicted molar refractivity (Wildman–Crippen MR) is 78.8 cm³/mol. The molecule has 3 rings (SSSR count). The monoisotopic (exact) mass is 304 g/mol. The van der Waals surface area contributed by atoms with Gasteiger partial charge in [0.2, 0.25) is 0 Å². The van der Waals surface area contributed by atoms with Crippen LogP contribution in [0.5, 0.6) is 0 Å². The number of ether oxygens (including phenoxy) is 1. The molecule has 1 aromatic heterocycles. The summed E-state index contributed by atoms with van der Waals surface area (Å²) in [5.41, 5.74) is 0.0761. The minimum absolute atomic E-state index is 0.0842. The van der Waals surface area contributed by atoms with Crippen LogP contribution in [-0.4, -0.2) is 52.7 Å². The Balaban J connectivity index is 1.62. The molecule has 1 aromatic rings. The van der Waals surface area contributed by atoms with Gasteiger partial charge < -0.3 is 14.7 Å². The van der Waals surface area contributed by atoms with E-state index in [-0.39, 0.29) is 23.4 Å². The summed E-state index contributed by atoms with van der Waals surface area (Å²) in [6.07, 6.45) is 4.46. The van der Waals surface area contributed by atoms with Crippen LogP contribution >= 0.6 is 0 Å². The zero-order valence-electron chi connectivity index (χ0n) is 12.4. The number of carbonyl (C=O) groups excluding carboxylic acids is 1. The summed E-state index contributed by atoms with van der Waals surface area (Å²) in [6.45, 7) is 2.02. The fourth-order valence-corrected chi connectivity index (χ4v) is 2.65. The maximum absolute atomic E-state index is 12.5. The predicted octanol–water partition coefficient (Wildman–Crippen LogP) is 1.81. The van der Waals surface area contributed by atoms with Crippen molar-refractivity contribution < 1.29 is 19.4 Å². The second kappa shape index (κ2) is 6.44. The second-order valence-corrected chi connectivity index (χ2v) is 6.01. The SMILES string of the molecule is O=C(O)c1cccc(C(=O)N2CCCC(OCC3CC3)C2)n1. The largest absolute Gasteiger partial charge is 0.477 e. The number of carboxylic acid groups (broad SMARTS) is 1. The molecule has 1 aliphatic heterocycles. The van der Waals surface area contributed by atoms with E-state index < -0.39 is 5.97 Å². The van der Waals surface area contributed by atoms with E-state index in [1.54, 1.807) is 17.0 Å². The van der Waals surface area contributed by atoms with Gasteiger partial charge in [-0.2, -0.15) is 0 Å². The molecule has 2 fully saturated rings. The fourth-order valence-electron chi connectivity index (χ4n) is 2.65. The lowest BCUT2D eigenvalue weighted by molar-refractivity contribution is -0.00260. The number of amides is 1. The number of likely N-dealkylation sites (tertiary alicyclic amines) is 1. The van der Waals surface area contributed by atoms with Gasteiger partial charge in [-0.15, -0.1) is 0 Å². The Kier molecular flexibility index (Phi) is 4.38. The van der Waals surface area contributed by atoms with E-state index in [4.69, 9.17) is 9.84 Å². The Morgan fingerprint density at radius 1 is 1.27 bits per heavy atom. The first-order valence-electron chi connectivity index (χ1n) is 7.74. The normalized spacial score (nSPS) is 21.6. The Labute approximate surface area is 129 Å². The highest BCUT2D eigenvalue weighted by atomic mass is 16.5. The van der Waals surface area contributed by atoms with Crippen LogP contribution in [0.2, 0.25) is 0 Å². The molecule has 6 nitrogen and oxygen atoms in total. The molecule has 1 unspecified atom stereocenters. The van der Waals surface area contributed by atoms with Crippen molar-refractivity contribution in [1.29, 1.82) is 0 Å². The molecule has 0 radical (unpaired) electrons. The first kappa shape index (κ1) is 15.0. The first-order chi connectivity index (χ1) is 10.6. The van der Waals surface area contributed by atoms with Crippen LogP contribution < -0.4 is 0 Å². The maximum Gasteiger partial charge on any atom is 0.354 e. The third kappa shape index (κ3) is 3.62. The zero-order valence-corrected chi connectivity index (χ0v) is 12.4. The van der Waals surface area contributed by atoms with Gasteiger partial charge in [0.1, 0.15) is 11.4 Å². The number of aromatic nitrogens is 1. The molecule has 1 amide bonds. The summed E-state index contributed by atoms with van der Waals surface area (Å²) in [6, 6.07) is 4.50. The molecular formula is C16H20N2O4. The number of nitrogens with zero attached hydrogens (tertiary/aromatic N) is 2. The summed E-state index contributed by atoms with van der Waals surface area (Å²) in [7, 11) is 0. The Bertz CT molecular complexity index is 571. The van der Waals surface area contributed by atoms with Gasteiger partial charge in [-0.25, -0.2) is 9.78 Å². The van der Waals surface area contributed by atoms with Crippen molar-refractivity contribution in [1.82, 2.24) is 9.88 Å². The van der Waals surface area contributed by atoms with Gasteiger partial charge in [0.15, 0.2) is 0 Å². The topological polar surface area (TPSA) is 79.7 Å². The molecule has 1 aliphatic carbocycles. The molecule has 2 aliphatic rings.